The fourth-order valence-corrected chi connectivity index (χ4v) is 3.61. The SMILES string of the molecule is CCNC(=O)[C@@H](Cc1ccccc1)N(Cc1ccc(F)cc1)C(=O)COc1ccccc1Cl. The maximum Gasteiger partial charge on any atom is 0.261 e. The summed E-state index contributed by atoms with van der Waals surface area (Å²) in [5.74, 6) is -0.643. The van der Waals surface area contributed by atoms with E-state index in [1.54, 1.807) is 36.4 Å². The number of hydrogen-bond acceptors (Lipinski definition) is 3. The van der Waals surface area contributed by atoms with E-state index >= 15 is 0 Å². The summed E-state index contributed by atoms with van der Waals surface area (Å²) in [5.41, 5.74) is 1.61. The second-order valence-electron chi connectivity index (χ2n) is 7.47. The maximum atomic E-state index is 13.4. The normalized spacial score (nSPS) is 11.5. The molecule has 0 fully saturated rings. The van der Waals surface area contributed by atoms with Crippen LogP contribution in [0.1, 0.15) is 18.1 Å². The Balaban J connectivity index is 1.89. The molecular weight excluding hydrogens is 443 g/mol. The van der Waals surface area contributed by atoms with Crippen LogP contribution in [0.5, 0.6) is 5.75 Å². The molecule has 3 aromatic rings. The van der Waals surface area contributed by atoms with Crippen molar-refractivity contribution in [2.24, 2.45) is 0 Å². The summed E-state index contributed by atoms with van der Waals surface area (Å²) >= 11 is 6.14. The summed E-state index contributed by atoms with van der Waals surface area (Å²) in [6.07, 6.45) is 0.325. The van der Waals surface area contributed by atoms with Crippen LogP contribution in [0.25, 0.3) is 0 Å². The highest BCUT2D eigenvalue weighted by Crippen LogP contribution is 2.23. The molecular formula is C26H26ClFN2O3. The number of carbonyl (C=O) groups is 2. The van der Waals surface area contributed by atoms with Gasteiger partial charge in [-0.1, -0.05) is 66.2 Å². The van der Waals surface area contributed by atoms with Crippen LogP contribution in [0.15, 0.2) is 78.9 Å². The Labute approximate surface area is 198 Å². The third-order valence-electron chi connectivity index (χ3n) is 5.08. The van der Waals surface area contributed by atoms with E-state index < -0.39 is 6.04 Å². The lowest BCUT2D eigenvalue weighted by atomic mass is 10.0. The summed E-state index contributed by atoms with van der Waals surface area (Å²) in [5, 5.41) is 3.21. The number of ether oxygens (including phenoxy) is 1. The molecule has 7 heteroatoms. The third-order valence-corrected chi connectivity index (χ3v) is 5.39. The molecule has 0 heterocycles. The highest BCUT2D eigenvalue weighted by Gasteiger charge is 2.30. The number of para-hydroxylation sites is 1. The molecule has 5 nitrogen and oxygen atoms in total. The molecule has 0 unspecified atom stereocenters. The van der Waals surface area contributed by atoms with Gasteiger partial charge in [-0.05, 0) is 42.3 Å². The largest absolute Gasteiger partial charge is 0.482 e. The van der Waals surface area contributed by atoms with Crippen molar-refractivity contribution in [3.8, 4) is 5.75 Å². The van der Waals surface area contributed by atoms with Gasteiger partial charge in [0.1, 0.15) is 17.6 Å². The van der Waals surface area contributed by atoms with Crippen LogP contribution in [0.4, 0.5) is 4.39 Å². The predicted octanol–water partition coefficient (Wildman–Crippen LogP) is 4.63. The van der Waals surface area contributed by atoms with Crippen LogP contribution >= 0.6 is 11.6 Å². The number of halogens is 2. The average molecular weight is 469 g/mol. The van der Waals surface area contributed by atoms with E-state index in [0.29, 0.717) is 29.3 Å². The molecule has 0 spiro atoms. The van der Waals surface area contributed by atoms with Crippen LogP contribution < -0.4 is 10.1 Å². The Kier molecular flexibility index (Phi) is 8.84. The Hall–Kier alpha value is -3.38. The van der Waals surface area contributed by atoms with Crippen molar-refractivity contribution in [3.63, 3.8) is 0 Å². The first kappa shape index (κ1) is 24.3. The van der Waals surface area contributed by atoms with Crippen LogP contribution in [0.2, 0.25) is 5.02 Å². The number of hydrogen-bond donors (Lipinski definition) is 1. The quantitative estimate of drug-likeness (QED) is 0.472. The molecule has 0 aromatic heterocycles. The molecule has 3 rings (SSSR count). The van der Waals surface area contributed by atoms with Gasteiger partial charge in [0, 0.05) is 19.5 Å². The molecule has 3 aromatic carbocycles. The summed E-state index contributed by atoms with van der Waals surface area (Å²) in [7, 11) is 0. The molecule has 0 bridgehead atoms. The first-order valence-corrected chi connectivity index (χ1v) is 11.1. The Morgan fingerprint density at radius 1 is 0.970 bits per heavy atom. The number of nitrogens with zero attached hydrogens (tertiary/aromatic N) is 1. The average Bonchev–Trinajstić information content (AvgIpc) is 2.82. The Morgan fingerprint density at radius 2 is 1.64 bits per heavy atom. The van der Waals surface area contributed by atoms with E-state index in [1.165, 1.54) is 17.0 Å². The zero-order valence-corrected chi connectivity index (χ0v) is 19.1. The minimum atomic E-state index is -0.778. The van der Waals surface area contributed by atoms with Gasteiger partial charge in [0.2, 0.25) is 5.91 Å². The van der Waals surface area contributed by atoms with Gasteiger partial charge < -0.3 is 15.0 Å². The summed E-state index contributed by atoms with van der Waals surface area (Å²) in [6, 6.07) is 21.4. The Bertz CT molecular complexity index is 1060. The highest BCUT2D eigenvalue weighted by atomic mass is 35.5. The summed E-state index contributed by atoms with van der Waals surface area (Å²) in [6.45, 7) is 2.08. The highest BCUT2D eigenvalue weighted by molar-refractivity contribution is 6.32. The number of rotatable bonds is 10. The van der Waals surface area contributed by atoms with E-state index in [-0.39, 0.29) is 30.8 Å². The van der Waals surface area contributed by atoms with Crippen molar-refractivity contribution in [3.05, 3.63) is 101 Å². The lowest BCUT2D eigenvalue weighted by Crippen LogP contribution is -2.51. The number of nitrogens with one attached hydrogen (secondary N) is 1. The molecule has 0 aliphatic carbocycles. The van der Waals surface area contributed by atoms with Gasteiger partial charge >= 0.3 is 0 Å². The van der Waals surface area contributed by atoms with Crippen LogP contribution in [-0.4, -0.2) is 35.9 Å². The molecule has 1 N–H and O–H groups in total. The molecule has 33 heavy (non-hydrogen) atoms. The van der Waals surface area contributed by atoms with Crippen molar-refractivity contribution in [1.82, 2.24) is 10.2 Å². The summed E-state index contributed by atoms with van der Waals surface area (Å²) < 4.78 is 19.1. The second-order valence-corrected chi connectivity index (χ2v) is 7.87. The first-order chi connectivity index (χ1) is 16.0. The van der Waals surface area contributed by atoms with Crippen molar-refractivity contribution < 1.29 is 18.7 Å². The minimum Gasteiger partial charge on any atom is -0.482 e. The standard InChI is InChI=1S/C26H26ClFN2O3/c1-2-29-26(32)23(16-19-8-4-3-5-9-19)30(17-20-12-14-21(28)15-13-20)25(31)18-33-24-11-7-6-10-22(24)27/h3-15,23H,2,16-18H2,1H3,(H,29,32)/t23-/m1/s1. The minimum absolute atomic E-state index is 0.125. The summed E-state index contributed by atoms with van der Waals surface area (Å²) in [4.78, 5) is 27.9. The van der Waals surface area contributed by atoms with Gasteiger partial charge in [-0.25, -0.2) is 4.39 Å². The van der Waals surface area contributed by atoms with Gasteiger partial charge in [0.25, 0.3) is 5.91 Å². The second kappa shape index (κ2) is 12.0. The number of likely N-dealkylation sites (N-methyl/N-ethyl adjacent to an activating group) is 1. The topological polar surface area (TPSA) is 58.6 Å². The lowest BCUT2D eigenvalue weighted by molar-refractivity contribution is -0.142. The lowest BCUT2D eigenvalue weighted by Gasteiger charge is -2.31. The molecule has 2 amide bonds. The predicted molar refractivity (Wildman–Crippen MR) is 127 cm³/mol. The van der Waals surface area contributed by atoms with E-state index in [0.717, 1.165) is 5.56 Å². The first-order valence-electron chi connectivity index (χ1n) is 10.7. The Morgan fingerprint density at radius 3 is 2.30 bits per heavy atom. The molecule has 0 aliphatic rings. The number of amides is 2. The molecule has 1 atom stereocenters. The maximum absolute atomic E-state index is 13.4. The smallest absolute Gasteiger partial charge is 0.261 e. The molecule has 0 saturated heterocycles. The fourth-order valence-electron chi connectivity index (χ4n) is 3.42. The molecule has 172 valence electrons. The van der Waals surface area contributed by atoms with E-state index in [4.69, 9.17) is 16.3 Å². The number of carbonyl (C=O) groups excluding carboxylic acids is 2. The van der Waals surface area contributed by atoms with E-state index in [9.17, 15) is 14.0 Å². The van der Waals surface area contributed by atoms with Crippen molar-refractivity contribution >= 4 is 23.4 Å². The van der Waals surface area contributed by atoms with Crippen LogP contribution in [-0.2, 0) is 22.6 Å². The van der Waals surface area contributed by atoms with Crippen molar-refractivity contribution in [1.29, 1.82) is 0 Å². The van der Waals surface area contributed by atoms with Gasteiger partial charge in [0.15, 0.2) is 6.61 Å². The van der Waals surface area contributed by atoms with Gasteiger partial charge in [-0.3, -0.25) is 9.59 Å². The molecule has 0 saturated carbocycles. The van der Waals surface area contributed by atoms with Gasteiger partial charge in [-0.15, -0.1) is 0 Å². The monoisotopic (exact) mass is 468 g/mol. The van der Waals surface area contributed by atoms with Gasteiger partial charge in [-0.2, -0.15) is 0 Å². The molecule has 0 radical (unpaired) electrons. The van der Waals surface area contributed by atoms with Crippen LogP contribution in [0.3, 0.4) is 0 Å². The number of benzene rings is 3. The zero-order valence-electron chi connectivity index (χ0n) is 18.3. The fraction of sp³-hybridized carbons (Fsp3) is 0.231. The zero-order chi connectivity index (χ0) is 23.6. The van der Waals surface area contributed by atoms with E-state index in [1.807, 2.05) is 37.3 Å². The van der Waals surface area contributed by atoms with Crippen molar-refractivity contribution in [2.75, 3.05) is 13.2 Å². The van der Waals surface area contributed by atoms with Crippen molar-refractivity contribution in [2.45, 2.75) is 25.9 Å². The van der Waals surface area contributed by atoms with Gasteiger partial charge in [0.05, 0.1) is 5.02 Å². The third kappa shape index (κ3) is 7.05. The van der Waals surface area contributed by atoms with E-state index in [2.05, 4.69) is 5.32 Å². The van der Waals surface area contributed by atoms with Crippen LogP contribution in [0, 0.1) is 5.82 Å². The molecule has 0 aliphatic heterocycles.